The van der Waals surface area contributed by atoms with Gasteiger partial charge in [-0.25, -0.2) is 0 Å². The fraction of sp³-hybridized carbons (Fsp3) is 0.375. The van der Waals surface area contributed by atoms with Gasteiger partial charge < -0.3 is 15.0 Å². The number of ether oxygens (including phenoxy) is 1. The number of esters is 1. The Kier molecular flexibility index (Phi) is 4.62. The smallest absolute Gasteiger partial charge is 0.307 e. The zero-order valence-electron chi connectivity index (χ0n) is 12.5. The molecular formula is C16H20N2O3. The minimum Gasteiger partial charge on any atom is -0.463 e. The molecule has 5 heteroatoms. The zero-order valence-corrected chi connectivity index (χ0v) is 12.5. The topological polar surface area (TPSA) is 71.2 Å². The van der Waals surface area contributed by atoms with Crippen LogP contribution in [0.4, 0.5) is 0 Å². The summed E-state index contributed by atoms with van der Waals surface area (Å²) in [6, 6.07) is 7.76. The van der Waals surface area contributed by atoms with E-state index in [0.29, 0.717) is 5.69 Å². The molecule has 5 nitrogen and oxygen atoms in total. The van der Waals surface area contributed by atoms with E-state index in [1.807, 2.05) is 25.1 Å². The molecule has 2 aromatic rings. The highest BCUT2D eigenvalue weighted by molar-refractivity contribution is 5.98. The van der Waals surface area contributed by atoms with E-state index < -0.39 is 0 Å². The Morgan fingerprint density at radius 2 is 2.05 bits per heavy atom. The monoisotopic (exact) mass is 288 g/mol. The van der Waals surface area contributed by atoms with Crippen LogP contribution in [0.25, 0.3) is 10.9 Å². The molecule has 0 bridgehead atoms. The first-order valence-corrected chi connectivity index (χ1v) is 7.03. The molecule has 2 rings (SSSR count). The average molecular weight is 288 g/mol. The van der Waals surface area contributed by atoms with E-state index >= 15 is 0 Å². The third-order valence-electron chi connectivity index (χ3n) is 3.00. The van der Waals surface area contributed by atoms with Gasteiger partial charge in [0.05, 0.1) is 12.5 Å². The highest BCUT2D eigenvalue weighted by Gasteiger charge is 2.11. The summed E-state index contributed by atoms with van der Waals surface area (Å²) in [7, 11) is 0. The number of rotatable bonds is 5. The van der Waals surface area contributed by atoms with Crippen LogP contribution >= 0.6 is 0 Å². The lowest BCUT2D eigenvalue weighted by Crippen LogP contribution is -2.27. The van der Waals surface area contributed by atoms with Gasteiger partial charge in [-0.2, -0.15) is 0 Å². The fourth-order valence-corrected chi connectivity index (χ4v) is 2.06. The molecule has 0 saturated carbocycles. The van der Waals surface area contributed by atoms with E-state index in [4.69, 9.17) is 4.74 Å². The van der Waals surface area contributed by atoms with Gasteiger partial charge in [0.15, 0.2) is 0 Å². The number of hydrogen-bond donors (Lipinski definition) is 2. The summed E-state index contributed by atoms with van der Waals surface area (Å²) in [6.45, 7) is 5.85. The van der Waals surface area contributed by atoms with Crippen LogP contribution in [0, 0.1) is 6.92 Å². The third-order valence-corrected chi connectivity index (χ3v) is 3.00. The van der Waals surface area contributed by atoms with Crippen molar-refractivity contribution < 1.29 is 14.3 Å². The van der Waals surface area contributed by atoms with Crippen molar-refractivity contribution in [3.05, 3.63) is 35.5 Å². The van der Waals surface area contributed by atoms with Gasteiger partial charge in [0, 0.05) is 17.4 Å². The molecule has 0 atom stereocenters. The van der Waals surface area contributed by atoms with E-state index in [1.165, 1.54) is 0 Å². The molecular weight excluding hydrogens is 268 g/mol. The molecule has 0 fully saturated rings. The predicted molar refractivity (Wildman–Crippen MR) is 81.2 cm³/mol. The normalized spacial score (nSPS) is 10.9. The predicted octanol–water partition coefficient (Wildman–Crippen LogP) is 2.55. The molecule has 0 aliphatic rings. The number of fused-ring (bicyclic) bond motifs is 1. The second kappa shape index (κ2) is 6.43. The molecule has 0 aliphatic heterocycles. The summed E-state index contributed by atoms with van der Waals surface area (Å²) in [5, 5.41) is 3.70. The number of H-pyrrole nitrogens is 1. The van der Waals surface area contributed by atoms with E-state index in [1.54, 1.807) is 19.9 Å². The van der Waals surface area contributed by atoms with Gasteiger partial charge in [0.1, 0.15) is 5.69 Å². The number of aromatic nitrogens is 1. The Morgan fingerprint density at radius 1 is 1.29 bits per heavy atom. The van der Waals surface area contributed by atoms with Crippen molar-refractivity contribution in [2.45, 2.75) is 33.3 Å². The van der Waals surface area contributed by atoms with Gasteiger partial charge in [-0.1, -0.05) is 12.1 Å². The first kappa shape index (κ1) is 15.1. The summed E-state index contributed by atoms with van der Waals surface area (Å²) in [4.78, 5) is 26.5. The van der Waals surface area contributed by atoms with Gasteiger partial charge in [-0.3, -0.25) is 9.59 Å². The van der Waals surface area contributed by atoms with Crippen molar-refractivity contribution in [1.29, 1.82) is 0 Å². The minimum absolute atomic E-state index is 0.134. The molecule has 1 heterocycles. The van der Waals surface area contributed by atoms with Crippen molar-refractivity contribution in [1.82, 2.24) is 10.3 Å². The van der Waals surface area contributed by atoms with Crippen LogP contribution in [0.3, 0.4) is 0 Å². The number of carbonyl (C=O) groups excluding carboxylic acids is 2. The second-order valence-electron chi connectivity index (χ2n) is 5.32. The maximum absolute atomic E-state index is 12.0. The highest BCUT2D eigenvalue weighted by Crippen LogP contribution is 2.16. The molecule has 0 saturated heterocycles. The molecule has 1 amide bonds. The number of aryl methyl sites for hydroxylation is 1. The molecule has 21 heavy (non-hydrogen) atoms. The second-order valence-corrected chi connectivity index (χ2v) is 5.32. The summed E-state index contributed by atoms with van der Waals surface area (Å²) < 4.78 is 5.00. The average Bonchev–Trinajstić information content (AvgIpc) is 2.80. The Hall–Kier alpha value is -2.30. The third kappa shape index (κ3) is 4.08. The molecule has 0 radical (unpaired) electrons. The Labute approximate surface area is 123 Å². The SMILES string of the molecule is Cc1ccc2cc(C(=O)NCCC(=O)OC(C)C)[nH]c2c1. The number of carbonyl (C=O) groups is 2. The van der Waals surface area contributed by atoms with E-state index in [9.17, 15) is 9.59 Å². The van der Waals surface area contributed by atoms with Gasteiger partial charge >= 0.3 is 5.97 Å². The fourth-order valence-electron chi connectivity index (χ4n) is 2.06. The van der Waals surface area contributed by atoms with Crippen LogP contribution in [0.2, 0.25) is 0 Å². The first-order valence-electron chi connectivity index (χ1n) is 7.03. The molecule has 0 spiro atoms. The van der Waals surface area contributed by atoms with Gasteiger partial charge in [-0.05, 0) is 38.5 Å². The maximum Gasteiger partial charge on any atom is 0.307 e. The lowest BCUT2D eigenvalue weighted by molar-refractivity contribution is -0.147. The number of nitrogens with one attached hydrogen (secondary N) is 2. The lowest BCUT2D eigenvalue weighted by atomic mass is 10.2. The van der Waals surface area contributed by atoms with Crippen LogP contribution in [-0.2, 0) is 9.53 Å². The van der Waals surface area contributed by atoms with Crippen LogP contribution in [0.5, 0.6) is 0 Å². The Bertz CT molecular complexity index is 659. The van der Waals surface area contributed by atoms with Crippen molar-refractivity contribution >= 4 is 22.8 Å². The molecule has 1 aromatic carbocycles. The van der Waals surface area contributed by atoms with E-state index in [0.717, 1.165) is 16.5 Å². The number of benzene rings is 1. The lowest BCUT2D eigenvalue weighted by Gasteiger charge is -2.08. The van der Waals surface area contributed by atoms with E-state index in [-0.39, 0.29) is 30.9 Å². The number of aromatic amines is 1. The van der Waals surface area contributed by atoms with Crippen molar-refractivity contribution in [2.24, 2.45) is 0 Å². The highest BCUT2D eigenvalue weighted by atomic mass is 16.5. The van der Waals surface area contributed by atoms with Crippen LogP contribution in [0.1, 0.15) is 36.3 Å². The summed E-state index contributed by atoms with van der Waals surface area (Å²) in [6.07, 6.45) is 0.0358. The zero-order chi connectivity index (χ0) is 15.4. The standard InChI is InChI=1S/C16H20N2O3/c1-10(2)21-15(19)6-7-17-16(20)14-9-12-5-4-11(3)8-13(12)18-14/h4-5,8-10,18H,6-7H2,1-3H3,(H,17,20). The van der Waals surface area contributed by atoms with Gasteiger partial charge in [-0.15, -0.1) is 0 Å². The minimum atomic E-state index is -0.308. The largest absolute Gasteiger partial charge is 0.463 e. The summed E-state index contributed by atoms with van der Waals surface area (Å²) in [5.74, 6) is -0.529. The summed E-state index contributed by atoms with van der Waals surface area (Å²) >= 11 is 0. The van der Waals surface area contributed by atoms with Crippen LogP contribution in [0.15, 0.2) is 24.3 Å². The van der Waals surface area contributed by atoms with Gasteiger partial charge in [0.25, 0.3) is 5.91 Å². The number of amides is 1. The van der Waals surface area contributed by atoms with Crippen LogP contribution < -0.4 is 5.32 Å². The Balaban J connectivity index is 1.91. The first-order chi connectivity index (χ1) is 9.95. The molecule has 0 unspecified atom stereocenters. The quantitative estimate of drug-likeness (QED) is 0.831. The van der Waals surface area contributed by atoms with Crippen molar-refractivity contribution in [3.63, 3.8) is 0 Å². The van der Waals surface area contributed by atoms with Crippen LogP contribution in [-0.4, -0.2) is 29.5 Å². The summed E-state index contributed by atoms with van der Waals surface area (Å²) in [5.41, 5.74) is 2.56. The van der Waals surface area contributed by atoms with Crippen molar-refractivity contribution in [2.75, 3.05) is 6.54 Å². The molecule has 0 aliphatic carbocycles. The Morgan fingerprint density at radius 3 is 2.76 bits per heavy atom. The number of hydrogen-bond acceptors (Lipinski definition) is 3. The van der Waals surface area contributed by atoms with Crippen molar-refractivity contribution in [3.8, 4) is 0 Å². The molecule has 2 N–H and O–H groups in total. The maximum atomic E-state index is 12.0. The van der Waals surface area contributed by atoms with Gasteiger partial charge in [0.2, 0.25) is 0 Å². The molecule has 1 aromatic heterocycles. The van der Waals surface area contributed by atoms with E-state index in [2.05, 4.69) is 10.3 Å². The molecule has 112 valence electrons.